The molecule has 0 N–H and O–H groups in total. The first-order valence-corrected chi connectivity index (χ1v) is 19.8. The Morgan fingerprint density at radius 2 is 1.65 bits per heavy atom. The molecule has 0 unspecified atom stereocenters. The number of anilines is 1. The van der Waals surface area contributed by atoms with Gasteiger partial charge in [-0.05, 0) is 89.3 Å². The van der Waals surface area contributed by atoms with Crippen LogP contribution >= 0.6 is 0 Å². The molecule has 1 aromatic carbocycles. The molecule has 0 aliphatic carbocycles. The molecule has 2 atom stereocenters. The van der Waals surface area contributed by atoms with Gasteiger partial charge in [0.1, 0.15) is 17.2 Å². The highest BCUT2D eigenvalue weighted by atomic mass is 28.2. The quantitative estimate of drug-likeness (QED) is 0.232. The lowest BCUT2D eigenvalue weighted by molar-refractivity contribution is -0.121. The number of carbonyl (C=O) groups is 2. The molecule has 52 heavy (non-hydrogen) atoms. The second-order valence-corrected chi connectivity index (χ2v) is 20.8. The average Bonchev–Trinajstić information content (AvgIpc) is 3.53. The van der Waals surface area contributed by atoms with Crippen LogP contribution in [0, 0.1) is 12.7 Å². The molecule has 2 aliphatic heterocycles. The van der Waals surface area contributed by atoms with Crippen LogP contribution in [0.2, 0.25) is 5.04 Å². The number of hydrogen-bond donors (Lipinski definition) is 0. The summed E-state index contributed by atoms with van der Waals surface area (Å²) in [6, 6.07) is 8.17. The number of nitrogens with zero attached hydrogens (tertiary/aromatic N) is 6. The summed E-state index contributed by atoms with van der Waals surface area (Å²) >= 11 is 0. The second-order valence-electron chi connectivity index (χ2n) is 18.1. The van der Waals surface area contributed by atoms with Gasteiger partial charge in [-0.3, -0.25) is 14.7 Å². The Balaban J connectivity index is 1.43. The molecule has 4 heterocycles. The molecular weight excluding hydrogens is 676 g/mol. The standard InChI is InChI=1S/C40H59FN6O4Si/c1-26-21-44(24-34(48)47-25-39(9,10)35-32(47)18-29(19-43-35)17-28-13-15-30(41)16-14-28)31(22-45(26)36(49)50-37(3,4)5)23-46-27(2)42-20-33(46)40(11,12)51-52-38(6,7)8/h13-16,18-20,26,31H,17,21-25,52H2,1-12H3/t26-,31-/m1/s1. The van der Waals surface area contributed by atoms with Crippen molar-refractivity contribution in [1.82, 2.24) is 24.3 Å². The number of aromatic nitrogens is 3. The van der Waals surface area contributed by atoms with Gasteiger partial charge in [0.15, 0.2) is 9.76 Å². The van der Waals surface area contributed by atoms with Gasteiger partial charge in [0.05, 0.1) is 35.4 Å². The zero-order chi connectivity index (χ0) is 38.4. The van der Waals surface area contributed by atoms with Crippen molar-refractivity contribution in [2.75, 3.05) is 31.1 Å². The maximum Gasteiger partial charge on any atom is 0.410 e. The van der Waals surface area contributed by atoms with E-state index < -0.39 is 21.0 Å². The number of halogens is 1. The number of carbonyl (C=O) groups excluding carboxylic acids is 2. The van der Waals surface area contributed by atoms with Gasteiger partial charge in [0.2, 0.25) is 5.91 Å². The molecule has 2 aliphatic rings. The molecule has 0 saturated carbocycles. The van der Waals surface area contributed by atoms with Crippen molar-refractivity contribution in [2.24, 2.45) is 0 Å². The summed E-state index contributed by atoms with van der Waals surface area (Å²) in [5, 5.41) is 0.127. The van der Waals surface area contributed by atoms with Gasteiger partial charge in [0, 0.05) is 49.9 Å². The van der Waals surface area contributed by atoms with Crippen LogP contribution in [-0.4, -0.2) is 90.0 Å². The van der Waals surface area contributed by atoms with Crippen molar-refractivity contribution in [2.45, 2.75) is 130 Å². The third-order valence-corrected chi connectivity index (χ3v) is 11.6. The molecule has 2 amide bonds. The fourth-order valence-corrected chi connectivity index (χ4v) is 8.05. The zero-order valence-corrected chi connectivity index (χ0v) is 34.8. The van der Waals surface area contributed by atoms with Crippen LogP contribution < -0.4 is 4.90 Å². The van der Waals surface area contributed by atoms with E-state index in [9.17, 15) is 14.0 Å². The molecule has 284 valence electrons. The topological polar surface area (TPSA) is 93.0 Å². The van der Waals surface area contributed by atoms with Crippen molar-refractivity contribution in [3.05, 3.63) is 76.9 Å². The number of amides is 2. The molecule has 1 saturated heterocycles. The Kier molecular flexibility index (Phi) is 11.2. The minimum atomic E-state index is -0.860. The second kappa shape index (κ2) is 14.7. The fourth-order valence-electron chi connectivity index (χ4n) is 7.11. The number of imidazole rings is 1. The lowest BCUT2D eigenvalue weighted by Gasteiger charge is -2.46. The highest BCUT2D eigenvalue weighted by molar-refractivity contribution is 6.31. The smallest absolute Gasteiger partial charge is 0.410 e. The number of ether oxygens (including phenoxy) is 1. The summed E-state index contributed by atoms with van der Waals surface area (Å²) < 4.78 is 28.2. The van der Waals surface area contributed by atoms with Crippen LogP contribution in [0.1, 0.15) is 105 Å². The number of aryl methyl sites for hydroxylation is 1. The van der Waals surface area contributed by atoms with E-state index in [1.54, 1.807) is 17.0 Å². The van der Waals surface area contributed by atoms with Crippen molar-refractivity contribution in [1.29, 1.82) is 0 Å². The molecule has 1 fully saturated rings. The molecule has 12 heteroatoms. The lowest BCUT2D eigenvalue weighted by atomic mass is 9.91. The fraction of sp³-hybridized carbons (Fsp3) is 0.600. The largest absolute Gasteiger partial charge is 0.444 e. The molecule has 3 aromatic rings. The van der Waals surface area contributed by atoms with Crippen molar-refractivity contribution < 1.29 is 23.1 Å². The number of fused-ring (bicyclic) bond motifs is 1. The Morgan fingerprint density at radius 1 is 0.981 bits per heavy atom. The van der Waals surface area contributed by atoms with E-state index in [-0.39, 0.29) is 46.9 Å². The zero-order valence-electron chi connectivity index (χ0n) is 33.3. The van der Waals surface area contributed by atoms with E-state index in [4.69, 9.17) is 19.1 Å². The van der Waals surface area contributed by atoms with Gasteiger partial charge in [0.25, 0.3) is 0 Å². The summed E-state index contributed by atoms with van der Waals surface area (Å²) in [6.07, 6.45) is 4.00. The predicted octanol–water partition coefficient (Wildman–Crippen LogP) is 6.50. The Labute approximate surface area is 312 Å². The summed E-state index contributed by atoms with van der Waals surface area (Å²) in [6.45, 7) is 26.8. The van der Waals surface area contributed by atoms with Gasteiger partial charge >= 0.3 is 6.09 Å². The first-order valence-electron chi connectivity index (χ1n) is 18.5. The van der Waals surface area contributed by atoms with Crippen LogP contribution in [0.25, 0.3) is 0 Å². The first kappa shape index (κ1) is 39.6. The van der Waals surface area contributed by atoms with E-state index in [1.807, 2.05) is 51.9 Å². The summed E-state index contributed by atoms with van der Waals surface area (Å²) in [5.41, 5.74) is 3.10. The SMILES string of the molecule is Cc1ncc(C(C)(C)O[SiH2]C(C)(C)C)n1C[C@H]1CN(C(=O)OC(C)(C)C)[C@H](C)CN1CC(=O)N1CC(C)(C)c2ncc(Cc3ccc(F)cc3)cc21. The molecule has 10 nitrogen and oxygen atoms in total. The van der Waals surface area contributed by atoms with Crippen LogP contribution in [0.15, 0.2) is 42.7 Å². The Hall–Kier alpha value is -3.61. The monoisotopic (exact) mass is 734 g/mol. The minimum absolute atomic E-state index is 0.0158. The number of pyridine rings is 1. The number of benzene rings is 1. The highest BCUT2D eigenvalue weighted by Gasteiger charge is 2.43. The van der Waals surface area contributed by atoms with Gasteiger partial charge in [-0.2, -0.15) is 0 Å². The van der Waals surface area contributed by atoms with Gasteiger partial charge in [-0.15, -0.1) is 0 Å². The van der Waals surface area contributed by atoms with Crippen molar-refractivity contribution in [3.63, 3.8) is 0 Å². The predicted molar refractivity (Wildman–Crippen MR) is 206 cm³/mol. The maximum atomic E-state index is 14.5. The van der Waals surface area contributed by atoms with E-state index >= 15 is 0 Å². The summed E-state index contributed by atoms with van der Waals surface area (Å²) in [4.78, 5) is 43.5. The van der Waals surface area contributed by atoms with Gasteiger partial charge < -0.3 is 23.5 Å². The number of piperazine rings is 1. The number of hydrogen-bond acceptors (Lipinski definition) is 7. The molecule has 5 rings (SSSR count). The van der Waals surface area contributed by atoms with Crippen LogP contribution in [0.4, 0.5) is 14.9 Å². The summed E-state index contributed by atoms with van der Waals surface area (Å²) in [5.74, 6) is 0.568. The van der Waals surface area contributed by atoms with Crippen molar-refractivity contribution in [3.8, 4) is 0 Å². The van der Waals surface area contributed by atoms with Gasteiger partial charge in [-0.25, -0.2) is 14.2 Å². The summed E-state index contributed by atoms with van der Waals surface area (Å²) in [7, 11) is -0.860. The van der Waals surface area contributed by atoms with Gasteiger partial charge in [-0.1, -0.05) is 46.8 Å². The third-order valence-electron chi connectivity index (χ3n) is 9.88. The third kappa shape index (κ3) is 9.30. The van der Waals surface area contributed by atoms with Crippen LogP contribution in [0.5, 0.6) is 0 Å². The average molecular weight is 735 g/mol. The molecule has 0 bridgehead atoms. The van der Waals surface area contributed by atoms with Crippen molar-refractivity contribution >= 4 is 27.5 Å². The van der Waals surface area contributed by atoms with E-state index in [0.29, 0.717) is 32.6 Å². The van der Waals surface area contributed by atoms with E-state index in [2.05, 4.69) is 64.0 Å². The first-order chi connectivity index (χ1) is 24.0. The Morgan fingerprint density at radius 3 is 2.29 bits per heavy atom. The van der Waals surface area contributed by atoms with Crippen LogP contribution in [-0.2, 0) is 37.9 Å². The normalized spacial score (nSPS) is 19.8. The van der Waals surface area contributed by atoms with Crippen LogP contribution in [0.3, 0.4) is 0 Å². The highest BCUT2D eigenvalue weighted by Crippen LogP contribution is 2.40. The maximum absolute atomic E-state index is 14.5. The molecule has 0 spiro atoms. The lowest BCUT2D eigenvalue weighted by Crippen LogP contribution is -2.62. The molecular formula is C40H59FN6O4Si. The minimum Gasteiger partial charge on any atom is -0.444 e. The van der Waals surface area contributed by atoms with E-state index in [0.717, 1.165) is 34.0 Å². The van der Waals surface area contributed by atoms with E-state index in [1.165, 1.54) is 12.1 Å². The number of rotatable bonds is 9. The molecule has 2 aromatic heterocycles. The molecule has 0 radical (unpaired) electrons. The Bertz CT molecular complexity index is 1760.